The molecule has 0 atom stereocenters. The van der Waals surface area contributed by atoms with Crippen molar-refractivity contribution >= 4 is 21.6 Å². The Hall–Kier alpha value is -3.16. The number of carbonyl (C=O) groups is 1. The average molecular weight is 492 g/mol. The fourth-order valence-corrected chi connectivity index (χ4v) is 5.80. The highest BCUT2D eigenvalue weighted by atomic mass is 32.2. The number of anilines is 1. The lowest BCUT2D eigenvalue weighted by molar-refractivity contribution is -0.119. The molecule has 3 aromatic rings. The molecule has 3 aromatic carbocycles. The molecule has 0 radical (unpaired) electrons. The van der Waals surface area contributed by atoms with Gasteiger partial charge in [0.15, 0.2) is 0 Å². The maximum atomic E-state index is 13.5. The van der Waals surface area contributed by atoms with Crippen LogP contribution in [0.1, 0.15) is 35.1 Å². The number of sulfonamides is 1. The zero-order chi connectivity index (χ0) is 24.8. The number of nitrogens with zero attached hydrogens (tertiary/aromatic N) is 2. The lowest BCUT2D eigenvalue weighted by atomic mass is 10.1. The minimum atomic E-state index is -3.92. The molecule has 184 valence electrons. The second kappa shape index (κ2) is 11.1. The number of rotatable bonds is 9. The third-order valence-electron chi connectivity index (χ3n) is 6.58. The fraction of sp³-hybridized carbons (Fsp3) is 0.321. The van der Waals surface area contributed by atoms with Gasteiger partial charge in [-0.05, 0) is 86.3 Å². The van der Waals surface area contributed by atoms with Gasteiger partial charge in [0, 0.05) is 13.1 Å². The minimum Gasteiger partial charge on any atom is -0.350 e. The van der Waals surface area contributed by atoms with E-state index in [2.05, 4.69) is 16.3 Å². The number of aryl methyl sites for hydroxylation is 2. The molecule has 0 saturated carbocycles. The van der Waals surface area contributed by atoms with Gasteiger partial charge in [0.05, 0.1) is 10.6 Å². The molecule has 4 rings (SSSR count). The largest absolute Gasteiger partial charge is 0.350 e. The van der Waals surface area contributed by atoms with Crippen molar-refractivity contribution in [1.82, 2.24) is 10.2 Å². The summed E-state index contributed by atoms with van der Waals surface area (Å²) >= 11 is 0. The Bertz CT molecular complexity index is 1270. The van der Waals surface area contributed by atoms with Crippen molar-refractivity contribution in [3.8, 4) is 0 Å². The zero-order valence-electron chi connectivity index (χ0n) is 20.4. The number of nitrogens with one attached hydrogen (secondary N) is 1. The highest BCUT2D eigenvalue weighted by Gasteiger charge is 2.27. The van der Waals surface area contributed by atoms with Crippen molar-refractivity contribution < 1.29 is 13.2 Å². The maximum Gasteiger partial charge on any atom is 0.264 e. The highest BCUT2D eigenvalue weighted by Crippen LogP contribution is 2.25. The summed E-state index contributed by atoms with van der Waals surface area (Å²) in [6.45, 7) is 7.03. The quantitative estimate of drug-likeness (QED) is 0.481. The molecular weight excluding hydrogens is 458 g/mol. The van der Waals surface area contributed by atoms with Crippen LogP contribution in [0.3, 0.4) is 0 Å². The predicted octanol–water partition coefficient (Wildman–Crippen LogP) is 4.41. The molecule has 6 nitrogen and oxygen atoms in total. The number of amides is 1. The van der Waals surface area contributed by atoms with E-state index in [1.165, 1.54) is 22.7 Å². The van der Waals surface area contributed by atoms with Crippen molar-refractivity contribution in [2.45, 2.75) is 44.7 Å². The Kier molecular flexibility index (Phi) is 7.88. The van der Waals surface area contributed by atoms with Crippen molar-refractivity contribution in [3.05, 3.63) is 95.1 Å². The summed E-state index contributed by atoms with van der Waals surface area (Å²) in [6.07, 6.45) is 2.45. The molecule has 7 heteroatoms. The van der Waals surface area contributed by atoms with Gasteiger partial charge in [-0.15, -0.1) is 0 Å². The summed E-state index contributed by atoms with van der Waals surface area (Å²) in [6, 6.07) is 21.8. The molecule has 35 heavy (non-hydrogen) atoms. The van der Waals surface area contributed by atoms with Crippen LogP contribution in [-0.2, 0) is 27.9 Å². The Labute approximate surface area is 208 Å². The summed E-state index contributed by atoms with van der Waals surface area (Å²) in [5, 5.41) is 2.95. The third-order valence-corrected chi connectivity index (χ3v) is 8.37. The minimum absolute atomic E-state index is 0.155. The van der Waals surface area contributed by atoms with Crippen LogP contribution in [-0.4, -0.2) is 38.9 Å². The average Bonchev–Trinajstić information content (AvgIpc) is 3.37. The van der Waals surface area contributed by atoms with Crippen molar-refractivity contribution in [3.63, 3.8) is 0 Å². The molecule has 1 saturated heterocycles. The van der Waals surface area contributed by atoms with Crippen molar-refractivity contribution in [2.24, 2.45) is 0 Å². The summed E-state index contributed by atoms with van der Waals surface area (Å²) in [5.41, 5.74) is 4.74. The molecule has 0 spiro atoms. The van der Waals surface area contributed by atoms with Crippen LogP contribution in [0.4, 0.5) is 5.69 Å². The molecule has 0 unspecified atom stereocenters. The first-order valence-corrected chi connectivity index (χ1v) is 13.5. The van der Waals surface area contributed by atoms with Crippen LogP contribution in [0.5, 0.6) is 0 Å². The van der Waals surface area contributed by atoms with Crippen LogP contribution >= 0.6 is 0 Å². The van der Waals surface area contributed by atoms with E-state index in [1.807, 2.05) is 44.2 Å². The summed E-state index contributed by atoms with van der Waals surface area (Å²) in [5.74, 6) is -0.348. The van der Waals surface area contributed by atoms with Crippen molar-refractivity contribution in [2.75, 3.05) is 23.9 Å². The highest BCUT2D eigenvalue weighted by molar-refractivity contribution is 7.92. The van der Waals surface area contributed by atoms with Gasteiger partial charge in [-0.2, -0.15) is 0 Å². The molecule has 1 heterocycles. The molecule has 0 aromatic heterocycles. The maximum absolute atomic E-state index is 13.5. The van der Waals surface area contributed by atoms with Gasteiger partial charge in [0.1, 0.15) is 6.54 Å². The Morgan fingerprint density at radius 2 is 1.54 bits per heavy atom. The van der Waals surface area contributed by atoms with E-state index in [0.717, 1.165) is 36.3 Å². The Balaban J connectivity index is 1.53. The number of carbonyl (C=O) groups excluding carboxylic acids is 1. The van der Waals surface area contributed by atoms with Crippen LogP contribution in [0.25, 0.3) is 0 Å². The topological polar surface area (TPSA) is 69.7 Å². The first-order chi connectivity index (χ1) is 16.8. The molecule has 0 bridgehead atoms. The zero-order valence-corrected chi connectivity index (χ0v) is 21.2. The summed E-state index contributed by atoms with van der Waals surface area (Å²) in [7, 11) is -3.92. The van der Waals surface area contributed by atoms with Gasteiger partial charge in [-0.25, -0.2) is 8.42 Å². The molecule has 1 N–H and O–H groups in total. The monoisotopic (exact) mass is 491 g/mol. The first-order valence-electron chi connectivity index (χ1n) is 12.1. The Morgan fingerprint density at radius 1 is 0.886 bits per heavy atom. The first kappa shape index (κ1) is 24.9. The van der Waals surface area contributed by atoms with Gasteiger partial charge in [-0.1, -0.05) is 48.5 Å². The molecule has 1 aliphatic heterocycles. The van der Waals surface area contributed by atoms with Gasteiger partial charge in [0.25, 0.3) is 10.0 Å². The van der Waals surface area contributed by atoms with Gasteiger partial charge >= 0.3 is 0 Å². The molecule has 1 aliphatic rings. The SMILES string of the molecule is Cc1ccc(N(CC(=O)NCc2ccccc2CN2CCCC2)S(=O)(=O)c2ccccc2)cc1C. The lowest BCUT2D eigenvalue weighted by Crippen LogP contribution is -2.40. The summed E-state index contributed by atoms with van der Waals surface area (Å²) in [4.78, 5) is 15.6. The van der Waals surface area contributed by atoms with Crippen LogP contribution < -0.4 is 9.62 Å². The van der Waals surface area contributed by atoms with Crippen LogP contribution in [0.2, 0.25) is 0 Å². The Morgan fingerprint density at radius 3 is 2.23 bits per heavy atom. The van der Waals surface area contributed by atoms with Gasteiger partial charge in [0.2, 0.25) is 5.91 Å². The predicted molar refractivity (Wildman–Crippen MR) is 140 cm³/mol. The normalized spacial score (nSPS) is 14.1. The van der Waals surface area contributed by atoms with Gasteiger partial charge < -0.3 is 5.32 Å². The van der Waals surface area contributed by atoms with E-state index in [0.29, 0.717) is 12.2 Å². The summed E-state index contributed by atoms with van der Waals surface area (Å²) < 4.78 is 28.2. The van der Waals surface area contributed by atoms with Crippen LogP contribution in [0, 0.1) is 13.8 Å². The number of hydrogen-bond donors (Lipinski definition) is 1. The van der Waals surface area contributed by atoms with Gasteiger partial charge in [-0.3, -0.25) is 14.0 Å². The van der Waals surface area contributed by atoms with E-state index in [4.69, 9.17) is 0 Å². The van der Waals surface area contributed by atoms with Crippen LogP contribution in [0.15, 0.2) is 77.7 Å². The van der Waals surface area contributed by atoms with E-state index >= 15 is 0 Å². The molecule has 0 aliphatic carbocycles. The number of benzene rings is 3. The van der Waals surface area contributed by atoms with E-state index in [9.17, 15) is 13.2 Å². The molecular formula is C28H33N3O3S. The van der Waals surface area contributed by atoms with E-state index < -0.39 is 10.0 Å². The van der Waals surface area contributed by atoms with Crippen molar-refractivity contribution in [1.29, 1.82) is 0 Å². The smallest absolute Gasteiger partial charge is 0.264 e. The molecule has 1 amide bonds. The molecule has 1 fully saturated rings. The van der Waals surface area contributed by atoms with E-state index in [1.54, 1.807) is 36.4 Å². The third kappa shape index (κ3) is 6.10. The van der Waals surface area contributed by atoms with E-state index in [-0.39, 0.29) is 17.3 Å². The second-order valence-electron chi connectivity index (χ2n) is 9.12. The number of hydrogen-bond acceptors (Lipinski definition) is 4. The second-order valence-corrected chi connectivity index (χ2v) is 11.0. The standard InChI is InChI=1S/C28H33N3O3S/c1-22-14-15-26(18-23(22)2)31(35(33,34)27-12-4-3-5-13-27)21-28(32)29-19-24-10-6-7-11-25(24)20-30-16-8-9-17-30/h3-7,10-15,18H,8-9,16-17,19-21H2,1-2H3,(H,29,32). The fourth-order valence-electron chi connectivity index (χ4n) is 4.36. The lowest BCUT2D eigenvalue weighted by Gasteiger charge is -2.25. The number of likely N-dealkylation sites (tertiary alicyclic amines) is 1.